The van der Waals surface area contributed by atoms with E-state index in [9.17, 15) is 9.18 Å². The number of aryl methyl sites for hydroxylation is 1. The summed E-state index contributed by atoms with van der Waals surface area (Å²) in [6.45, 7) is 5.47. The Morgan fingerprint density at radius 3 is 2.60 bits per heavy atom. The molecule has 1 N–H and O–H groups in total. The second-order valence-corrected chi connectivity index (χ2v) is 8.46. The minimum atomic E-state index is -0.483. The monoisotopic (exact) mass is 410 g/mol. The third-order valence-corrected chi connectivity index (χ3v) is 6.39. The van der Waals surface area contributed by atoms with Crippen molar-refractivity contribution in [2.75, 3.05) is 58.3 Å². The molecular weight excluding hydrogens is 379 g/mol. The number of benzene rings is 2. The largest absolute Gasteiger partial charge is 0.374 e. The van der Waals surface area contributed by atoms with Gasteiger partial charge in [0.2, 0.25) is 0 Å². The molecule has 2 heterocycles. The highest BCUT2D eigenvalue weighted by molar-refractivity contribution is 5.94. The number of nitrogens with zero attached hydrogens (tertiary/aromatic N) is 3. The molecule has 0 bridgehead atoms. The molecule has 6 heteroatoms. The minimum absolute atomic E-state index is 0.0759. The van der Waals surface area contributed by atoms with E-state index in [1.54, 1.807) is 12.1 Å². The zero-order valence-electron chi connectivity index (χ0n) is 17.9. The smallest absolute Gasteiger partial charge is 0.254 e. The van der Waals surface area contributed by atoms with E-state index in [1.165, 1.54) is 28.9 Å². The van der Waals surface area contributed by atoms with Gasteiger partial charge in [-0.2, -0.15) is 0 Å². The molecule has 0 spiro atoms. The summed E-state index contributed by atoms with van der Waals surface area (Å²) in [7, 11) is 4.28. The van der Waals surface area contributed by atoms with Crippen LogP contribution in [0.3, 0.4) is 0 Å². The first-order chi connectivity index (χ1) is 14.5. The van der Waals surface area contributed by atoms with Gasteiger partial charge in [0.05, 0.1) is 11.6 Å². The summed E-state index contributed by atoms with van der Waals surface area (Å²) < 4.78 is 14.0. The van der Waals surface area contributed by atoms with Crippen LogP contribution in [-0.4, -0.2) is 69.1 Å². The maximum Gasteiger partial charge on any atom is 0.254 e. The van der Waals surface area contributed by atoms with Gasteiger partial charge in [-0.1, -0.05) is 24.3 Å². The molecule has 1 atom stereocenters. The number of hydrogen-bond donors (Lipinski definition) is 1. The third-order valence-electron chi connectivity index (χ3n) is 6.39. The molecule has 2 aromatic rings. The van der Waals surface area contributed by atoms with E-state index in [2.05, 4.69) is 52.3 Å². The lowest BCUT2D eigenvalue weighted by molar-refractivity contribution is 0.0883. The molecule has 0 radical (unpaired) electrons. The zero-order chi connectivity index (χ0) is 21.1. The maximum absolute atomic E-state index is 14.0. The summed E-state index contributed by atoms with van der Waals surface area (Å²) in [5.41, 5.74) is 4.00. The molecule has 30 heavy (non-hydrogen) atoms. The van der Waals surface area contributed by atoms with Crippen LogP contribution in [0.15, 0.2) is 42.5 Å². The third kappa shape index (κ3) is 4.50. The highest BCUT2D eigenvalue weighted by Crippen LogP contribution is 2.31. The minimum Gasteiger partial charge on any atom is -0.374 e. The molecule has 2 aliphatic heterocycles. The number of nitrogens with one attached hydrogen (secondary N) is 1. The topological polar surface area (TPSA) is 38.8 Å². The molecule has 1 amide bonds. The summed E-state index contributed by atoms with van der Waals surface area (Å²) in [5.74, 6) is -0.840. The van der Waals surface area contributed by atoms with Crippen molar-refractivity contribution in [3.05, 3.63) is 65.0 Å². The lowest BCUT2D eigenvalue weighted by atomic mass is 9.95. The number of piperazine rings is 1. The van der Waals surface area contributed by atoms with Crippen LogP contribution in [0.4, 0.5) is 10.1 Å². The van der Waals surface area contributed by atoms with Gasteiger partial charge in [-0.25, -0.2) is 4.39 Å². The number of rotatable bonds is 5. The first-order valence-corrected chi connectivity index (χ1v) is 10.8. The Labute approximate surface area is 178 Å². The fraction of sp³-hybridized carbons (Fsp3) is 0.458. The molecule has 0 saturated carbocycles. The molecule has 1 fully saturated rings. The predicted molar refractivity (Wildman–Crippen MR) is 119 cm³/mol. The molecule has 0 unspecified atom stereocenters. The predicted octanol–water partition coefficient (Wildman–Crippen LogP) is 2.93. The number of amides is 1. The zero-order valence-corrected chi connectivity index (χ0v) is 17.9. The lowest BCUT2D eigenvalue weighted by Gasteiger charge is -2.39. The Hall–Kier alpha value is -2.44. The number of carbonyl (C=O) groups excluding carboxylic acids is 1. The summed E-state index contributed by atoms with van der Waals surface area (Å²) in [5, 5.41) is 2.99. The van der Waals surface area contributed by atoms with Crippen LogP contribution in [0.5, 0.6) is 0 Å². The maximum atomic E-state index is 14.0. The van der Waals surface area contributed by atoms with Crippen molar-refractivity contribution in [1.29, 1.82) is 0 Å². The molecule has 160 valence electrons. The molecule has 2 aromatic carbocycles. The summed E-state index contributed by atoms with van der Waals surface area (Å²) >= 11 is 0. The Bertz CT molecular complexity index is 895. The Morgan fingerprint density at radius 1 is 1.07 bits per heavy atom. The van der Waals surface area contributed by atoms with Gasteiger partial charge in [0.25, 0.3) is 5.91 Å². The van der Waals surface area contributed by atoms with E-state index in [-0.39, 0.29) is 17.5 Å². The molecule has 5 nitrogen and oxygen atoms in total. The van der Waals surface area contributed by atoms with E-state index in [0.717, 1.165) is 45.6 Å². The Morgan fingerprint density at radius 2 is 1.83 bits per heavy atom. The second kappa shape index (κ2) is 9.14. The van der Waals surface area contributed by atoms with Crippen molar-refractivity contribution in [3.63, 3.8) is 0 Å². The normalized spacial score (nSPS) is 18.7. The van der Waals surface area contributed by atoms with Gasteiger partial charge in [0.15, 0.2) is 0 Å². The lowest BCUT2D eigenvalue weighted by Crippen LogP contribution is -2.48. The van der Waals surface area contributed by atoms with Crippen molar-refractivity contribution < 1.29 is 9.18 Å². The van der Waals surface area contributed by atoms with Crippen molar-refractivity contribution in [2.24, 2.45) is 0 Å². The van der Waals surface area contributed by atoms with Crippen LogP contribution in [0.1, 0.15) is 33.9 Å². The van der Waals surface area contributed by atoms with Crippen LogP contribution < -0.4 is 10.2 Å². The van der Waals surface area contributed by atoms with Gasteiger partial charge in [-0.05, 0) is 49.2 Å². The van der Waals surface area contributed by atoms with Gasteiger partial charge in [-0.3, -0.25) is 9.69 Å². The van der Waals surface area contributed by atoms with Gasteiger partial charge in [0, 0.05) is 52.0 Å². The van der Waals surface area contributed by atoms with E-state index in [0.29, 0.717) is 6.54 Å². The fourth-order valence-electron chi connectivity index (χ4n) is 4.53. The van der Waals surface area contributed by atoms with Gasteiger partial charge < -0.3 is 15.1 Å². The van der Waals surface area contributed by atoms with Gasteiger partial charge >= 0.3 is 0 Å². The number of fused-ring (bicyclic) bond motifs is 1. The number of halogens is 1. The van der Waals surface area contributed by atoms with E-state index < -0.39 is 5.82 Å². The Kier molecular flexibility index (Phi) is 6.35. The summed E-state index contributed by atoms with van der Waals surface area (Å²) in [6.07, 6.45) is 2.25. The molecule has 0 aromatic heterocycles. The van der Waals surface area contributed by atoms with Crippen molar-refractivity contribution in [2.45, 2.75) is 18.9 Å². The SMILES string of the molecule is CN1CCN([C@H](CNC(=O)c2ccccc2F)c2ccc3c(c2)CCCN3C)CC1. The number of carbonyl (C=O) groups is 1. The molecule has 4 rings (SSSR count). The standard InChI is InChI=1S/C24H31FN4O/c1-27-12-14-29(15-13-27)23(17-26-24(30)20-7-3-4-8-21(20)25)19-9-10-22-18(16-19)6-5-11-28(22)2/h3-4,7-10,16,23H,5-6,11-15,17H2,1-2H3,(H,26,30)/t23-/m1/s1. The molecule has 2 aliphatic rings. The quantitative estimate of drug-likeness (QED) is 0.823. The van der Waals surface area contributed by atoms with Crippen LogP contribution in [0, 0.1) is 5.82 Å². The van der Waals surface area contributed by atoms with E-state index >= 15 is 0 Å². The van der Waals surface area contributed by atoms with Crippen LogP contribution in [-0.2, 0) is 6.42 Å². The summed E-state index contributed by atoms with van der Waals surface area (Å²) in [6, 6.07) is 12.9. The van der Waals surface area contributed by atoms with Crippen LogP contribution in [0.2, 0.25) is 0 Å². The highest BCUT2D eigenvalue weighted by atomic mass is 19.1. The molecular formula is C24H31FN4O. The van der Waals surface area contributed by atoms with E-state index in [4.69, 9.17) is 0 Å². The van der Waals surface area contributed by atoms with Gasteiger partial charge in [0.1, 0.15) is 5.82 Å². The first-order valence-electron chi connectivity index (χ1n) is 10.8. The van der Waals surface area contributed by atoms with E-state index in [1.807, 2.05) is 0 Å². The van der Waals surface area contributed by atoms with Crippen LogP contribution in [0.25, 0.3) is 0 Å². The second-order valence-electron chi connectivity index (χ2n) is 8.46. The highest BCUT2D eigenvalue weighted by Gasteiger charge is 2.26. The average molecular weight is 411 g/mol. The number of anilines is 1. The number of hydrogen-bond acceptors (Lipinski definition) is 4. The van der Waals surface area contributed by atoms with Crippen molar-refractivity contribution in [1.82, 2.24) is 15.1 Å². The molecule has 1 saturated heterocycles. The fourth-order valence-corrected chi connectivity index (χ4v) is 4.53. The summed E-state index contributed by atoms with van der Waals surface area (Å²) in [4.78, 5) is 19.7. The van der Waals surface area contributed by atoms with Crippen molar-refractivity contribution in [3.8, 4) is 0 Å². The Balaban J connectivity index is 1.56. The van der Waals surface area contributed by atoms with Crippen molar-refractivity contribution >= 4 is 11.6 Å². The average Bonchev–Trinajstić information content (AvgIpc) is 2.75. The van der Waals surface area contributed by atoms with Crippen LogP contribution >= 0.6 is 0 Å². The van der Waals surface area contributed by atoms with Gasteiger partial charge in [-0.15, -0.1) is 0 Å². The molecule has 0 aliphatic carbocycles. The number of likely N-dealkylation sites (N-methyl/N-ethyl adjacent to an activating group) is 1. The first kappa shape index (κ1) is 20.8.